The molecule has 5 aromatic carbocycles. The summed E-state index contributed by atoms with van der Waals surface area (Å²) >= 11 is 2.35. The molecular weight excluding hydrogens is 479 g/mol. The summed E-state index contributed by atoms with van der Waals surface area (Å²) in [6.07, 6.45) is 0. The van der Waals surface area contributed by atoms with Gasteiger partial charge in [0.15, 0.2) is 0 Å². The lowest BCUT2D eigenvalue weighted by atomic mass is 10.00. The van der Waals surface area contributed by atoms with Crippen molar-refractivity contribution in [1.29, 1.82) is 0 Å². The first-order valence-corrected chi connectivity index (χ1v) is 11.0. The highest BCUT2D eigenvalue weighted by Crippen LogP contribution is 2.38. The van der Waals surface area contributed by atoms with Crippen LogP contribution in [0.3, 0.4) is 0 Å². The molecule has 0 unspecified atom stereocenters. The van der Waals surface area contributed by atoms with Gasteiger partial charge in [0, 0.05) is 25.6 Å². The van der Waals surface area contributed by atoms with Gasteiger partial charge in [0.1, 0.15) is 5.82 Å². The number of hydrogen-bond acceptors (Lipinski definition) is 1. The number of hydrogen-bond donors (Lipinski definition) is 0. The average Bonchev–Trinajstić information content (AvgIpc) is 3.21. The molecule has 0 radical (unpaired) electrons. The standard InChI is InChI=1S/C27H17IN2/c28-19-16-14-18(15-17-19)27-29-25-23-12-6-4-10-21(23)22-11-5-7-13-24(22)26(25)30(27)20-8-2-1-3-9-20/h1-17H. The number of fused-ring (bicyclic) bond motifs is 6. The van der Waals surface area contributed by atoms with E-state index in [1.165, 1.54) is 25.1 Å². The maximum absolute atomic E-state index is 5.23. The molecule has 0 aliphatic rings. The van der Waals surface area contributed by atoms with Crippen LogP contribution in [0.25, 0.3) is 49.7 Å². The fourth-order valence-corrected chi connectivity index (χ4v) is 4.69. The van der Waals surface area contributed by atoms with Gasteiger partial charge in [-0.05, 0) is 57.6 Å². The van der Waals surface area contributed by atoms with Crippen LogP contribution in [0, 0.1) is 3.57 Å². The molecular formula is C27H17IN2. The van der Waals surface area contributed by atoms with E-state index < -0.39 is 0 Å². The highest BCUT2D eigenvalue weighted by molar-refractivity contribution is 14.1. The van der Waals surface area contributed by atoms with Crippen LogP contribution in [0.1, 0.15) is 0 Å². The summed E-state index contributed by atoms with van der Waals surface area (Å²) in [6.45, 7) is 0. The minimum atomic E-state index is 0.967. The molecule has 0 fully saturated rings. The summed E-state index contributed by atoms with van der Waals surface area (Å²) in [6, 6.07) is 36.4. The Morgan fingerprint density at radius 2 is 1.13 bits per heavy atom. The largest absolute Gasteiger partial charge is 0.292 e. The second-order valence-electron chi connectivity index (χ2n) is 7.40. The van der Waals surface area contributed by atoms with Crippen LogP contribution in [0.4, 0.5) is 0 Å². The molecule has 0 saturated heterocycles. The second kappa shape index (κ2) is 6.96. The molecule has 1 heterocycles. The van der Waals surface area contributed by atoms with E-state index in [4.69, 9.17) is 4.98 Å². The summed E-state index contributed by atoms with van der Waals surface area (Å²) in [5, 5.41) is 4.91. The highest BCUT2D eigenvalue weighted by atomic mass is 127. The monoisotopic (exact) mass is 496 g/mol. The second-order valence-corrected chi connectivity index (χ2v) is 8.65. The van der Waals surface area contributed by atoms with Crippen molar-refractivity contribution < 1.29 is 0 Å². The van der Waals surface area contributed by atoms with E-state index in [0.717, 1.165) is 28.1 Å². The van der Waals surface area contributed by atoms with Crippen molar-refractivity contribution >= 4 is 55.2 Å². The molecule has 30 heavy (non-hydrogen) atoms. The molecule has 2 nitrogen and oxygen atoms in total. The molecule has 6 aromatic rings. The number of nitrogens with zero attached hydrogens (tertiary/aromatic N) is 2. The lowest BCUT2D eigenvalue weighted by Gasteiger charge is -2.12. The predicted molar refractivity (Wildman–Crippen MR) is 134 cm³/mol. The third kappa shape index (κ3) is 2.66. The van der Waals surface area contributed by atoms with Crippen molar-refractivity contribution in [2.75, 3.05) is 0 Å². The van der Waals surface area contributed by atoms with Crippen molar-refractivity contribution in [2.45, 2.75) is 0 Å². The zero-order chi connectivity index (χ0) is 20.1. The molecule has 0 atom stereocenters. The molecule has 0 spiro atoms. The Kier molecular flexibility index (Phi) is 4.09. The van der Waals surface area contributed by atoms with Crippen molar-refractivity contribution in [1.82, 2.24) is 9.55 Å². The molecule has 0 bridgehead atoms. The Hall–Kier alpha value is -3.18. The quantitative estimate of drug-likeness (QED) is 0.178. The first-order chi connectivity index (χ1) is 14.8. The summed E-state index contributed by atoms with van der Waals surface area (Å²) < 4.78 is 3.53. The topological polar surface area (TPSA) is 17.8 Å². The van der Waals surface area contributed by atoms with Crippen LogP contribution < -0.4 is 0 Å². The van der Waals surface area contributed by atoms with E-state index in [-0.39, 0.29) is 0 Å². The summed E-state index contributed by atoms with van der Waals surface area (Å²) in [5.74, 6) is 0.967. The third-order valence-corrected chi connectivity index (χ3v) is 6.37. The van der Waals surface area contributed by atoms with Crippen LogP contribution in [-0.2, 0) is 0 Å². The molecule has 0 aliphatic carbocycles. The van der Waals surface area contributed by atoms with Crippen molar-refractivity contribution in [2.24, 2.45) is 0 Å². The van der Waals surface area contributed by atoms with Gasteiger partial charge in [0.2, 0.25) is 0 Å². The Balaban J connectivity index is 1.87. The Labute approximate surface area is 187 Å². The van der Waals surface area contributed by atoms with Crippen LogP contribution in [0.15, 0.2) is 103 Å². The molecule has 6 rings (SSSR count). The maximum Gasteiger partial charge on any atom is 0.145 e. The van der Waals surface area contributed by atoms with E-state index in [1.54, 1.807) is 0 Å². The van der Waals surface area contributed by atoms with Gasteiger partial charge >= 0.3 is 0 Å². The average molecular weight is 496 g/mol. The molecule has 3 heteroatoms. The number of para-hydroxylation sites is 1. The van der Waals surface area contributed by atoms with E-state index in [1.807, 2.05) is 0 Å². The molecule has 1 aromatic heterocycles. The first kappa shape index (κ1) is 17.7. The number of halogens is 1. The molecule has 0 aliphatic heterocycles. The van der Waals surface area contributed by atoms with Gasteiger partial charge in [0.05, 0.1) is 11.0 Å². The molecule has 0 N–H and O–H groups in total. The summed E-state index contributed by atoms with van der Waals surface area (Å²) in [5.41, 5.74) is 4.43. The summed E-state index contributed by atoms with van der Waals surface area (Å²) in [4.78, 5) is 5.23. The van der Waals surface area contributed by atoms with Crippen molar-refractivity contribution in [3.05, 3.63) is 107 Å². The van der Waals surface area contributed by atoms with Gasteiger partial charge in [-0.15, -0.1) is 0 Å². The zero-order valence-electron chi connectivity index (χ0n) is 16.1. The van der Waals surface area contributed by atoms with Gasteiger partial charge in [-0.25, -0.2) is 4.98 Å². The van der Waals surface area contributed by atoms with Crippen LogP contribution >= 0.6 is 22.6 Å². The molecule has 0 saturated carbocycles. The minimum Gasteiger partial charge on any atom is -0.292 e. The van der Waals surface area contributed by atoms with Crippen LogP contribution in [0.2, 0.25) is 0 Å². The number of imidazole rings is 1. The normalized spacial score (nSPS) is 11.5. The number of aromatic nitrogens is 2. The van der Waals surface area contributed by atoms with Gasteiger partial charge < -0.3 is 0 Å². The van der Waals surface area contributed by atoms with Crippen molar-refractivity contribution in [3.8, 4) is 17.1 Å². The minimum absolute atomic E-state index is 0.967. The maximum atomic E-state index is 5.23. The van der Waals surface area contributed by atoms with E-state index in [0.29, 0.717) is 0 Å². The van der Waals surface area contributed by atoms with Gasteiger partial charge in [-0.2, -0.15) is 0 Å². The van der Waals surface area contributed by atoms with Gasteiger partial charge in [-0.1, -0.05) is 78.9 Å². The van der Waals surface area contributed by atoms with Crippen LogP contribution in [-0.4, -0.2) is 9.55 Å². The Morgan fingerprint density at radius 1 is 0.567 bits per heavy atom. The fourth-order valence-electron chi connectivity index (χ4n) is 4.33. The van der Waals surface area contributed by atoms with E-state index in [9.17, 15) is 0 Å². The van der Waals surface area contributed by atoms with E-state index in [2.05, 4.69) is 130 Å². The van der Waals surface area contributed by atoms with Gasteiger partial charge in [0.25, 0.3) is 0 Å². The smallest absolute Gasteiger partial charge is 0.145 e. The Bertz CT molecular complexity index is 1530. The number of benzene rings is 5. The highest BCUT2D eigenvalue weighted by Gasteiger charge is 2.19. The van der Waals surface area contributed by atoms with Gasteiger partial charge in [-0.3, -0.25) is 4.57 Å². The van der Waals surface area contributed by atoms with Crippen molar-refractivity contribution in [3.63, 3.8) is 0 Å². The first-order valence-electron chi connectivity index (χ1n) is 9.94. The SMILES string of the molecule is Ic1ccc(-c2nc3c4ccccc4c4ccccc4c3n2-c2ccccc2)cc1. The lowest BCUT2D eigenvalue weighted by molar-refractivity contribution is 1.11. The predicted octanol–water partition coefficient (Wildman–Crippen LogP) is 7.60. The van der Waals surface area contributed by atoms with Crippen LogP contribution in [0.5, 0.6) is 0 Å². The Morgan fingerprint density at radius 3 is 1.83 bits per heavy atom. The lowest BCUT2D eigenvalue weighted by Crippen LogP contribution is -1.98. The third-order valence-electron chi connectivity index (χ3n) is 5.65. The molecule has 0 amide bonds. The summed E-state index contributed by atoms with van der Waals surface area (Å²) in [7, 11) is 0. The number of rotatable bonds is 2. The van der Waals surface area contributed by atoms with E-state index >= 15 is 0 Å². The zero-order valence-corrected chi connectivity index (χ0v) is 18.2. The molecule has 142 valence electrons. The fraction of sp³-hybridized carbons (Fsp3) is 0.